The van der Waals surface area contributed by atoms with Crippen molar-refractivity contribution in [3.8, 4) is 0 Å². The Morgan fingerprint density at radius 2 is 1.84 bits per heavy atom. The van der Waals surface area contributed by atoms with E-state index in [1.165, 1.54) is 0 Å². The molecule has 0 saturated heterocycles. The van der Waals surface area contributed by atoms with E-state index >= 15 is 0 Å². The SMILES string of the molecule is O=C(CCc1nnc2ccc(NCc3ccc(Cl)cc3)nn12)Nc1cc(F)ccc1F. The standard InChI is InChI=1S/C21H17ClF2N6O/c22-14-3-1-13(2-4-14)12-25-18-7-8-19-27-28-20(30(19)29-18)9-10-21(31)26-17-11-15(23)5-6-16(17)24/h1-8,11H,9-10,12H2,(H,25,29)(H,26,31). The summed E-state index contributed by atoms with van der Waals surface area (Å²) in [5.74, 6) is -0.739. The predicted octanol–water partition coefficient (Wildman–Crippen LogP) is 4.24. The maximum atomic E-state index is 13.7. The molecule has 0 unspecified atom stereocenters. The smallest absolute Gasteiger partial charge is 0.224 e. The Kier molecular flexibility index (Phi) is 6.03. The van der Waals surface area contributed by atoms with Crippen LogP contribution in [0.2, 0.25) is 5.02 Å². The van der Waals surface area contributed by atoms with Gasteiger partial charge in [-0.2, -0.15) is 4.52 Å². The topological polar surface area (TPSA) is 84.2 Å². The number of halogens is 3. The highest BCUT2D eigenvalue weighted by molar-refractivity contribution is 6.30. The fraction of sp³-hybridized carbons (Fsp3) is 0.143. The molecule has 2 aromatic heterocycles. The molecule has 2 N–H and O–H groups in total. The summed E-state index contributed by atoms with van der Waals surface area (Å²) in [6, 6.07) is 13.9. The number of rotatable bonds is 7. The Bertz CT molecular complexity index is 1230. The van der Waals surface area contributed by atoms with E-state index in [2.05, 4.69) is 25.9 Å². The number of benzene rings is 2. The molecule has 31 heavy (non-hydrogen) atoms. The van der Waals surface area contributed by atoms with E-state index in [0.717, 1.165) is 23.8 Å². The highest BCUT2D eigenvalue weighted by Gasteiger charge is 2.12. The summed E-state index contributed by atoms with van der Waals surface area (Å²) < 4.78 is 28.5. The van der Waals surface area contributed by atoms with E-state index in [9.17, 15) is 13.6 Å². The van der Waals surface area contributed by atoms with E-state index in [1.807, 2.05) is 24.3 Å². The van der Waals surface area contributed by atoms with E-state index in [4.69, 9.17) is 11.6 Å². The maximum Gasteiger partial charge on any atom is 0.224 e. The molecule has 10 heteroatoms. The number of aryl methyl sites for hydroxylation is 1. The zero-order chi connectivity index (χ0) is 21.8. The third-order valence-electron chi connectivity index (χ3n) is 4.49. The van der Waals surface area contributed by atoms with Crippen LogP contribution >= 0.6 is 11.6 Å². The van der Waals surface area contributed by atoms with Crippen LogP contribution in [-0.2, 0) is 17.8 Å². The van der Waals surface area contributed by atoms with Crippen LogP contribution in [-0.4, -0.2) is 25.7 Å². The van der Waals surface area contributed by atoms with Crippen LogP contribution in [0.25, 0.3) is 5.65 Å². The lowest BCUT2D eigenvalue weighted by atomic mass is 10.2. The number of nitrogens with one attached hydrogen (secondary N) is 2. The van der Waals surface area contributed by atoms with Gasteiger partial charge in [-0.1, -0.05) is 23.7 Å². The monoisotopic (exact) mass is 442 g/mol. The van der Waals surface area contributed by atoms with E-state index in [1.54, 1.807) is 16.6 Å². The average molecular weight is 443 g/mol. The number of hydrogen-bond acceptors (Lipinski definition) is 5. The molecule has 4 aromatic rings. The highest BCUT2D eigenvalue weighted by atomic mass is 35.5. The number of hydrogen-bond donors (Lipinski definition) is 2. The van der Waals surface area contributed by atoms with Crippen molar-refractivity contribution in [2.45, 2.75) is 19.4 Å². The molecular weight excluding hydrogens is 426 g/mol. The first-order chi connectivity index (χ1) is 15.0. The van der Waals surface area contributed by atoms with Gasteiger partial charge in [0.2, 0.25) is 5.91 Å². The van der Waals surface area contributed by atoms with Crippen molar-refractivity contribution in [1.82, 2.24) is 19.8 Å². The summed E-state index contributed by atoms with van der Waals surface area (Å²) in [6.45, 7) is 0.550. The first kappa shape index (κ1) is 20.7. The van der Waals surface area contributed by atoms with Crippen molar-refractivity contribution in [2.24, 2.45) is 0 Å². The molecule has 0 aliphatic heterocycles. The van der Waals surface area contributed by atoms with Gasteiger partial charge in [-0.15, -0.1) is 15.3 Å². The molecule has 2 aromatic carbocycles. The Morgan fingerprint density at radius 3 is 2.65 bits per heavy atom. The van der Waals surface area contributed by atoms with Gasteiger partial charge in [0, 0.05) is 30.5 Å². The lowest BCUT2D eigenvalue weighted by molar-refractivity contribution is -0.116. The summed E-state index contributed by atoms with van der Waals surface area (Å²) >= 11 is 5.90. The van der Waals surface area contributed by atoms with Crippen molar-refractivity contribution < 1.29 is 13.6 Å². The summed E-state index contributed by atoms with van der Waals surface area (Å²) in [5.41, 5.74) is 1.36. The molecule has 158 valence electrons. The van der Waals surface area contributed by atoms with Crippen molar-refractivity contribution in [3.63, 3.8) is 0 Å². The molecule has 0 saturated carbocycles. The number of fused-ring (bicyclic) bond motifs is 1. The Morgan fingerprint density at radius 1 is 1.03 bits per heavy atom. The van der Waals surface area contributed by atoms with E-state index in [0.29, 0.717) is 28.9 Å². The largest absolute Gasteiger partial charge is 0.365 e. The number of carbonyl (C=O) groups is 1. The molecule has 2 heterocycles. The zero-order valence-electron chi connectivity index (χ0n) is 16.1. The number of carbonyl (C=O) groups excluding carboxylic acids is 1. The molecule has 4 rings (SSSR count). The fourth-order valence-electron chi connectivity index (χ4n) is 2.91. The van der Waals surface area contributed by atoms with Crippen LogP contribution < -0.4 is 10.6 Å². The van der Waals surface area contributed by atoms with Crippen LogP contribution in [0.5, 0.6) is 0 Å². The van der Waals surface area contributed by atoms with Crippen LogP contribution in [0.4, 0.5) is 20.3 Å². The number of aromatic nitrogens is 4. The molecule has 0 aliphatic rings. The van der Waals surface area contributed by atoms with Crippen molar-refractivity contribution in [3.05, 3.63) is 82.6 Å². The van der Waals surface area contributed by atoms with Crippen LogP contribution in [0.15, 0.2) is 54.6 Å². The second kappa shape index (κ2) is 9.05. The third-order valence-corrected chi connectivity index (χ3v) is 4.74. The van der Waals surface area contributed by atoms with Crippen molar-refractivity contribution >= 4 is 34.7 Å². The molecule has 0 radical (unpaired) electrons. The molecule has 0 spiro atoms. The molecule has 7 nitrogen and oxygen atoms in total. The summed E-state index contributed by atoms with van der Waals surface area (Å²) in [6.07, 6.45) is 0.221. The summed E-state index contributed by atoms with van der Waals surface area (Å²) in [7, 11) is 0. The molecule has 0 atom stereocenters. The van der Waals surface area contributed by atoms with Crippen LogP contribution in [0, 0.1) is 11.6 Å². The van der Waals surface area contributed by atoms with Gasteiger partial charge in [-0.25, -0.2) is 8.78 Å². The lowest BCUT2D eigenvalue weighted by Gasteiger charge is -2.07. The Hall–Kier alpha value is -3.59. The van der Waals surface area contributed by atoms with Gasteiger partial charge in [-0.05, 0) is 42.0 Å². The molecule has 0 bridgehead atoms. The van der Waals surface area contributed by atoms with Gasteiger partial charge in [0.05, 0.1) is 5.69 Å². The first-order valence-electron chi connectivity index (χ1n) is 9.42. The normalized spacial score (nSPS) is 10.9. The van der Waals surface area contributed by atoms with E-state index in [-0.39, 0.29) is 18.5 Å². The second-order valence-corrected chi connectivity index (χ2v) is 7.19. The predicted molar refractivity (Wildman–Crippen MR) is 113 cm³/mol. The lowest BCUT2D eigenvalue weighted by Crippen LogP contribution is -2.15. The van der Waals surface area contributed by atoms with Crippen molar-refractivity contribution in [2.75, 3.05) is 10.6 Å². The summed E-state index contributed by atoms with van der Waals surface area (Å²) in [4.78, 5) is 12.2. The average Bonchev–Trinajstić information content (AvgIpc) is 3.17. The minimum Gasteiger partial charge on any atom is -0.365 e. The minimum atomic E-state index is -0.708. The van der Waals surface area contributed by atoms with Gasteiger partial charge in [0.1, 0.15) is 17.5 Å². The zero-order valence-corrected chi connectivity index (χ0v) is 16.9. The van der Waals surface area contributed by atoms with Crippen LogP contribution in [0.3, 0.4) is 0 Å². The molecular formula is C21H17ClF2N6O. The minimum absolute atomic E-state index is 0.000851. The van der Waals surface area contributed by atoms with Crippen molar-refractivity contribution in [1.29, 1.82) is 0 Å². The van der Waals surface area contributed by atoms with Crippen LogP contribution in [0.1, 0.15) is 17.8 Å². The second-order valence-electron chi connectivity index (χ2n) is 6.76. The van der Waals surface area contributed by atoms with E-state index < -0.39 is 17.5 Å². The Balaban J connectivity index is 1.40. The van der Waals surface area contributed by atoms with Gasteiger partial charge >= 0.3 is 0 Å². The van der Waals surface area contributed by atoms with Gasteiger partial charge in [-0.3, -0.25) is 4.79 Å². The number of nitrogens with zero attached hydrogens (tertiary/aromatic N) is 4. The van der Waals surface area contributed by atoms with Gasteiger partial charge in [0.25, 0.3) is 0 Å². The number of amides is 1. The molecule has 0 aliphatic carbocycles. The highest BCUT2D eigenvalue weighted by Crippen LogP contribution is 2.16. The third kappa shape index (κ3) is 5.13. The molecule has 1 amide bonds. The fourth-order valence-corrected chi connectivity index (χ4v) is 3.04. The molecule has 0 fully saturated rings. The van der Waals surface area contributed by atoms with Gasteiger partial charge < -0.3 is 10.6 Å². The first-order valence-corrected chi connectivity index (χ1v) is 9.80. The number of anilines is 2. The summed E-state index contributed by atoms with van der Waals surface area (Å²) in [5, 5.41) is 18.8. The Labute approximate surface area is 181 Å². The quantitative estimate of drug-likeness (QED) is 0.447. The maximum absolute atomic E-state index is 13.7. The van der Waals surface area contributed by atoms with Gasteiger partial charge in [0.15, 0.2) is 11.5 Å².